The molecule has 0 spiro atoms. The second-order valence-corrected chi connectivity index (χ2v) is 25.8. The van der Waals surface area contributed by atoms with Gasteiger partial charge in [0.05, 0.1) is 67.6 Å². The van der Waals surface area contributed by atoms with Crippen molar-refractivity contribution in [3.63, 3.8) is 0 Å². The number of carbonyl (C=O) groups excluding carboxylic acids is 3. The van der Waals surface area contributed by atoms with E-state index < -0.39 is 12.1 Å². The summed E-state index contributed by atoms with van der Waals surface area (Å²) in [5, 5.41) is 16.7. The molecule has 0 aliphatic rings. The fourth-order valence-electron chi connectivity index (χ4n) is 10.6. The van der Waals surface area contributed by atoms with Crippen molar-refractivity contribution in [3.05, 3.63) is 261 Å². The molecule has 562 valence electrons. The minimum absolute atomic E-state index is 0. The van der Waals surface area contributed by atoms with Crippen molar-refractivity contribution in [3.8, 4) is 17.1 Å². The molecule has 0 fully saturated rings. The molecular weight excluding hydrogens is 1510 g/mol. The van der Waals surface area contributed by atoms with Crippen LogP contribution >= 0.6 is 81.2 Å². The highest BCUT2D eigenvalue weighted by atomic mass is 35.5. The predicted molar refractivity (Wildman–Crippen MR) is 438 cm³/mol. The SMILES string of the molecule is CC(=O)Cl.CC(=O)Nc1cnc(Cl)nc1N[C@@H](C)c1cc2cccc(Cl)c2c(=O)n1-c1ccccc1.CC(=O)Nc1cnc(N)nc1N[C@@H](C)c1cc2cccc(Cl)c2c(=O)n1-c1ccccc1.CCN(CC)CC.C[C@H](N)c1cc2cccc(Cl)c2c(=O)n1-c1ccccc1.N.Nc1cnc(Cl)nc1Cl.O. The molecule has 107 heavy (non-hydrogen) atoms. The van der Waals surface area contributed by atoms with Crippen LogP contribution in [0.1, 0.15) is 97.5 Å². The van der Waals surface area contributed by atoms with E-state index in [2.05, 4.69) is 88.4 Å². The van der Waals surface area contributed by atoms with Crippen LogP contribution in [0.3, 0.4) is 0 Å². The molecule has 12 rings (SSSR count). The van der Waals surface area contributed by atoms with Crippen molar-refractivity contribution in [2.75, 3.05) is 52.4 Å². The number of rotatable bonds is 15. The van der Waals surface area contributed by atoms with E-state index in [1.165, 1.54) is 59.0 Å². The molecule has 12 aromatic rings. The number of para-hydroxylation sites is 3. The van der Waals surface area contributed by atoms with Gasteiger partial charge in [0.2, 0.25) is 33.6 Å². The summed E-state index contributed by atoms with van der Waals surface area (Å²) in [6.07, 6.45) is 4.22. The monoisotopic (exact) mass is 1590 g/mol. The Labute approximate surface area is 652 Å². The van der Waals surface area contributed by atoms with Gasteiger partial charge in [-0.2, -0.15) is 9.97 Å². The van der Waals surface area contributed by atoms with Crippen LogP contribution < -0.4 is 61.3 Å². The largest absolute Gasteiger partial charge is 0.412 e. The average molecular weight is 1590 g/mol. The first-order valence-corrected chi connectivity index (χ1v) is 35.2. The van der Waals surface area contributed by atoms with E-state index in [1.54, 1.807) is 44.0 Å². The van der Waals surface area contributed by atoms with E-state index in [0.29, 0.717) is 82.7 Å². The third-order valence-electron chi connectivity index (χ3n) is 15.4. The second-order valence-electron chi connectivity index (χ2n) is 23.0. The lowest BCUT2D eigenvalue weighted by molar-refractivity contribution is -0.115. The van der Waals surface area contributed by atoms with Crippen molar-refractivity contribution in [1.29, 1.82) is 0 Å². The Kier molecular flexibility index (Phi) is 34.1. The number of hydrogen-bond acceptors (Lipinski definition) is 19. The summed E-state index contributed by atoms with van der Waals surface area (Å²) in [6.45, 7) is 19.8. The van der Waals surface area contributed by atoms with Crippen molar-refractivity contribution < 1.29 is 19.9 Å². The van der Waals surface area contributed by atoms with Crippen molar-refractivity contribution in [2.24, 2.45) is 5.73 Å². The van der Waals surface area contributed by atoms with E-state index in [9.17, 15) is 28.8 Å². The molecule has 6 aromatic heterocycles. The van der Waals surface area contributed by atoms with Gasteiger partial charge in [0.1, 0.15) is 11.4 Å². The summed E-state index contributed by atoms with van der Waals surface area (Å²) in [5.74, 6) is 0.202. The molecule has 15 N–H and O–H groups in total. The Balaban J connectivity index is 0.000000256. The maximum Gasteiger partial charge on any atom is 0.264 e. The Morgan fingerprint density at radius 3 is 1.13 bits per heavy atom. The maximum atomic E-state index is 13.5. The third kappa shape index (κ3) is 23.7. The number of hydrogen-bond donors (Lipinski definition) is 8. The van der Waals surface area contributed by atoms with Gasteiger partial charge in [0.15, 0.2) is 16.8 Å². The Morgan fingerprint density at radius 2 is 0.804 bits per heavy atom. The number of nitrogen functional groups attached to an aromatic ring is 2. The molecular formula is C75H81Cl7N18O7. The number of pyridine rings is 3. The van der Waals surface area contributed by atoms with Gasteiger partial charge in [0, 0.05) is 61.0 Å². The summed E-state index contributed by atoms with van der Waals surface area (Å²) < 4.78 is 4.88. The number of aromatic nitrogens is 9. The zero-order chi connectivity index (χ0) is 76.8. The molecule has 0 radical (unpaired) electrons. The molecule has 6 aromatic carbocycles. The number of halogens is 7. The first-order chi connectivity index (χ1) is 50.1. The minimum atomic E-state index is -0.398. The molecule has 0 aliphatic heterocycles. The fraction of sp³-hybridized carbons (Fsp3) is 0.200. The predicted octanol–water partition coefficient (Wildman–Crippen LogP) is 15.9. The molecule has 3 atom stereocenters. The standard InChI is InChI=1S/C23H19Cl2N5O2.C23H21ClN6O2.C17H15ClN2O.C6H15N.C4H3Cl2N3.C2H3ClO.H3N.H2O/c2*1-13(27-21-18(28-14(2)31)12-26-23(25)29-21)19-11-15-7-6-10-17(24)20(15)22(32)30(19)16-8-4-3-5-9-16;1-11(19)15-10-12-6-5-9-14(18)16(12)17(21)20(15)13-7-3-2-4-8-13;1-4-7(5-2)6-3;5-3-2(7)1-8-4(6)9-3;1-2(3)4;;/h3-13H,1-2H3,(H,28,31)(H,26,27,29);3-13H,1-2H3,(H,28,31)(H3,25,26,27,29);2-11H,19H2,1H3;4-6H2,1-3H3;1H,7H2;1H3;1H3;1H2/t2*13-;11-;;;;;/m000...../s1. The average Bonchev–Trinajstić information content (AvgIpc) is 0.800. The van der Waals surface area contributed by atoms with Gasteiger partial charge in [-0.25, -0.2) is 19.9 Å². The smallest absolute Gasteiger partial charge is 0.264 e. The Morgan fingerprint density at radius 1 is 0.477 bits per heavy atom. The summed E-state index contributed by atoms with van der Waals surface area (Å²) in [7, 11) is 0. The van der Waals surface area contributed by atoms with Gasteiger partial charge in [-0.1, -0.05) is 158 Å². The van der Waals surface area contributed by atoms with E-state index in [4.69, 9.17) is 86.8 Å². The van der Waals surface area contributed by atoms with Gasteiger partial charge < -0.3 is 55.0 Å². The van der Waals surface area contributed by atoms with Crippen LogP contribution in [0, 0.1) is 0 Å². The number of nitrogens with zero attached hydrogens (tertiary/aromatic N) is 10. The normalized spacial score (nSPS) is 11.3. The zero-order valence-corrected chi connectivity index (χ0v) is 65.0. The number of nitrogens with two attached hydrogens (primary N) is 3. The van der Waals surface area contributed by atoms with Crippen LogP contribution in [0.5, 0.6) is 0 Å². The molecule has 0 saturated carbocycles. The highest BCUT2D eigenvalue weighted by Gasteiger charge is 2.23. The molecule has 2 amide bonds. The lowest BCUT2D eigenvalue weighted by atomic mass is 10.1. The molecule has 0 aliphatic carbocycles. The molecule has 0 saturated heterocycles. The van der Waals surface area contributed by atoms with Crippen LogP contribution in [0.25, 0.3) is 49.4 Å². The van der Waals surface area contributed by atoms with E-state index in [0.717, 1.165) is 27.5 Å². The van der Waals surface area contributed by atoms with Gasteiger partial charge in [0.25, 0.3) is 16.7 Å². The molecule has 0 bridgehead atoms. The third-order valence-corrected chi connectivity index (χ3v) is 17.1. The molecule has 0 unspecified atom stereocenters. The summed E-state index contributed by atoms with van der Waals surface area (Å²) >= 11 is 40.4. The highest BCUT2D eigenvalue weighted by molar-refractivity contribution is 6.62. The van der Waals surface area contributed by atoms with Gasteiger partial charge in [-0.15, -0.1) is 0 Å². The van der Waals surface area contributed by atoms with Crippen molar-refractivity contribution >= 4 is 165 Å². The van der Waals surface area contributed by atoms with Crippen LogP contribution in [-0.2, 0) is 14.4 Å². The lowest BCUT2D eigenvalue weighted by Crippen LogP contribution is -2.26. The molecule has 6 heterocycles. The number of amides is 2. The Bertz CT molecular complexity index is 5000. The zero-order valence-electron chi connectivity index (χ0n) is 59.7. The fourth-order valence-corrected chi connectivity index (χ4v) is 11.9. The van der Waals surface area contributed by atoms with Gasteiger partial charge >= 0.3 is 0 Å². The quantitative estimate of drug-likeness (QED) is 0.0268. The number of benzene rings is 6. The van der Waals surface area contributed by atoms with Crippen molar-refractivity contribution in [1.82, 2.24) is 54.7 Å². The number of carbonyl (C=O) groups is 3. The Hall–Kier alpha value is -10.1. The van der Waals surface area contributed by atoms with Crippen LogP contribution in [0.4, 0.5) is 34.6 Å². The van der Waals surface area contributed by atoms with E-state index in [-0.39, 0.29) is 73.1 Å². The minimum Gasteiger partial charge on any atom is -0.412 e. The van der Waals surface area contributed by atoms with E-state index in [1.807, 2.05) is 154 Å². The summed E-state index contributed by atoms with van der Waals surface area (Å²) in [5.41, 5.74) is 21.9. The van der Waals surface area contributed by atoms with Crippen LogP contribution in [0.15, 0.2) is 197 Å². The first kappa shape index (κ1) is 87.5. The van der Waals surface area contributed by atoms with Crippen molar-refractivity contribution in [2.45, 2.75) is 80.4 Å². The van der Waals surface area contributed by atoms with Gasteiger partial charge in [-0.05, 0) is 164 Å². The van der Waals surface area contributed by atoms with Crippen LogP contribution in [-0.4, -0.2) is 90.7 Å². The molecule has 32 heteroatoms. The van der Waals surface area contributed by atoms with Gasteiger partial charge in [-0.3, -0.25) is 42.5 Å². The topological polar surface area (TPSA) is 390 Å². The number of fused-ring (bicyclic) bond motifs is 3. The number of anilines is 6. The van der Waals surface area contributed by atoms with Crippen LogP contribution in [0.2, 0.25) is 30.8 Å². The lowest BCUT2D eigenvalue weighted by Gasteiger charge is -2.22. The maximum absolute atomic E-state index is 13.5. The summed E-state index contributed by atoms with van der Waals surface area (Å²) in [6, 6.07) is 48.9. The van der Waals surface area contributed by atoms with E-state index >= 15 is 0 Å². The number of nitrogens with one attached hydrogen (secondary N) is 4. The highest BCUT2D eigenvalue weighted by Crippen LogP contribution is 2.33. The second kappa shape index (κ2) is 41.7. The molecule has 25 nitrogen and oxygen atoms in total. The first-order valence-electron chi connectivity index (χ1n) is 32.6. The summed E-state index contributed by atoms with van der Waals surface area (Å²) in [4.78, 5) is 98.2.